The summed E-state index contributed by atoms with van der Waals surface area (Å²) in [5.74, 6) is -1.94. The van der Waals surface area contributed by atoms with Gasteiger partial charge in [0.15, 0.2) is 0 Å². The molecule has 0 N–H and O–H groups in total. The minimum absolute atomic E-state index is 0.0614. The number of carbonyl (C=O) groups excluding carboxylic acids is 1. The molecule has 1 aliphatic rings. The SMILES string of the molecule is O=C(N1CCN(S(=O)(=O)c2ccc(Br)cc2)CC1)C(F)(F)F. The Morgan fingerprint density at radius 3 is 2.00 bits per heavy atom. The molecule has 122 valence electrons. The van der Waals surface area contributed by atoms with Crippen molar-refractivity contribution in [2.75, 3.05) is 26.2 Å². The lowest BCUT2D eigenvalue weighted by molar-refractivity contribution is -0.186. The maximum atomic E-state index is 12.4. The first-order valence-electron chi connectivity index (χ1n) is 6.24. The van der Waals surface area contributed by atoms with Crippen molar-refractivity contribution in [3.05, 3.63) is 28.7 Å². The number of rotatable bonds is 2. The van der Waals surface area contributed by atoms with Gasteiger partial charge in [0.25, 0.3) is 0 Å². The number of sulfonamides is 1. The second-order valence-electron chi connectivity index (χ2n) is 4.65. The van der Waals surface area contributed by atoms with Crippen molar-refractivity contribution in [2.45, 2.75) is 11.1 Å². The zero-order chi connectivity index (χ0) is 16.5. The summed E-state index contributed by atoms with van der Waals surface area (Å²) in [5, 5.41) is 0. The maximum Gasteiger partial charge on any atom is 0.471 e. The number of nitrogens with zero attached hydrogens (tertiary/aromatic N) is 2. The number of hydrogen-bond acceptors (Lipinski definition) is 3. The summed E-state index contributed by atoms with van der Waals surface area (Å²) in [6.07, 6.45) is -4.94. The summed E-state index contributed by atoms with van der Waals surface area (Å²) in [4.78, 5) is 11.8. The highest BCUT2D eigenvalue weighted by molar-refractivity contribution is 9.10. The fraction of sp³-hybridized carbons (Fsp3) is 0.417. The Bertz CT molecular complexity index is 653. The van der Waals surface area contributed by atoms with E-state index in [0.29, 0.717) is 9.37 Å². The average molecular weight is 401 g/mol. The molecule has 0 bridgehead atoms. The van der Waals surface area contributed by atoms with Gasteiger partial charge in [-0.25, -0.2) is 8.42 Å². The van der Waals surface area contributed by atoms with Gasteiger partial charge in [-0.3, -0.25) is 4.79 Å². The van der Waals surface area contributed by atoms with Gasteiger partial charge in [0, 0.05) is 30.7 Å². The van der Waals surface area contributed by atoms with E-state index in [2.05, 4.69) is 15.9 Å². The average Bonchev–Trinajstić information content (AvgIpc) is 2.46. The maximum absolute atomic E-state index is 12.4. The van der Waals surface area contributed by atoms with E-state index in [9.17, 15) is 26.4 Å². The zero-order valence-corrected chi connectivity index (χ0v) is 13.6. The molecule has 0 radical (unpaired) electrons. The van der Waals surface area contributed by atoms with Crippen LogP contribution in [0.3, 0.4) is 0 Å². The minimum Gasteiger partial charge on any atom is -0.332 e. The summed E-state index contributed by atoms with van der Waals surface area (Å²) >= 11 is 3.19. The summed E-state index contributed by atoms with van der Waals surface area (Å²) < 4.78 is 63.5. The second kappa shape index (κ2) is 6.17. The number of alkyl halides is 3. The Hall–Kier alpha value is -1.13. The van der Waals surface area contributed by atoms with Crippen molar-refractivity contribution in [1.29, 1.82) is 0 Å². The fourth-order valence-corrected chi connectivity index (χ4v) is 3.75. The molecule has 1 aliphatic heterocycles. The summed E-state index contributed by atoms with van der Waals surface area (Å²) in [6, 6.07) is 5.95. The number of carbonyl (C=O) groups is 1. The van der Waals surface area contributed by atoms with Crippen molar-refractivity contribution in [3.8, 4) is 0 Å². The van der Waals surface area contributed by atoms with Gasteiger partial charge in [-0.15, -0.1) is 0 Å². The predicted octanol–water partition coefficient (Wildman–Crippen LogP) is 1.84. The van der Waals surface area contributed by atoms with Gasteiger partial charge < -0.3 is 4.90 Å². The first-order valence-corrected chi connectivity index (χ1v) is 8.47. The predicted molar refractivity (Wildman–Crippen MR) is 75.5 cm³/mol. The van der Waals surface area contributed by atoms with Crippen LogP contribution in [0.15, 0.2) is 33.6 Å². The first kappa shape index (κ1) is 17.2. The van der Waals surface area contributed by atoms with Gasteiger partial charge in [0.05, 0.1) is 4.90 Å². The minimum atomic E-state index is -4.94. The van der Waals surface area contributed by atoms with E-state index in [-0.39, 0.29) is 31.1 Å². The van der Waals surface area contributed by atoms with E-state index in [4.69, 9.17) is 0 Å². The van der Waals surface area contributed by atoms with Crippen molar-refractivity contribution in [1.82, 2.24) is 9.21 Å². The van der Waals surface area contributed by atoms with Crippen LogP contribution in [0.4, 0.5) is 13.2 Å². The molecule has 0 aliphatic carbocycles. The van der Waals surface area contributed by atoms with Crippen molar-refractivity contribution < 1.29 is 26.4 Å². The summed E-state index contributed by atoms with van der Waals surface area (Å²) in [5.41, 5.74) is 0. The molecular weight excluding hydrogens is 389 g/mol. The molecule has 10 heteroatoms. The highest BCUT2D eigenvalue weighted by Gasteiger charge is 2.44. The van der Waals surface area contributed by atoms with E-state index in [1.54, 1.807) is 12.1 Å². The molecule has 5 nitrogen and oxygen atoms in total. The standard InChI is InChI=1S/C12H12BrF3N2O3S/c13-9-1-3-10(4-2-9)22(20,21)18-7-5-17(6-8-18)11(19)12(14,15)16/h1-4H,5-8H2. The Morgan fingerprint density at radius 1 is 1.05 bits per heavy atom. The van der Waals surface area contributed by atoms with Crippen molar-refractivity contribution in [3.63, 3.8) is 0 Å². The van der Waals surface area contributed by atoms with Crippen LogP contribution in [0.5, 0.6) is 0 Å². The molecule has 1 fully saturated rings. The fourth-order valence-electron chi connectivity index (χ4n) is 2.07. The summed E-state index contributed by atoms with van der Waals surface area (Å²) in [7, 11) is -3.77. The van der Waals surface area contributed by atoms with Crippen LogP contribution >= 0.6 is 15.9 Å². The van der Waals surface area contributed by atoms with Gasteiger partial charge in [0.1, 0.15) is 0 Å². The molecule has 1 heterocycles. The van der Waals surface area contributed by atoms with E-state index >= 15 is 0 Å². The largest absolute Gasteiger partial charge is 0.471 e. The molecule has 0 aromatic heterocycles. The number of amides is 1. The Kier molecular flexibility index (Phi) is 4.83. The molecule has 1 aromatic rings. The van der Waals surface area contributed by atoms with E-state index < -0.39 is 22.1 Å². The Morgan fingerprint density at radius 2 is 1.55 bits per heavy atom. The van der Waals surface area contributed by atoms with Crippen molar-refractivity contribution >= 4 is 31.9 Å². The normalized spacial score (nSPS) is 17.5. The van der Waals surface area contributed by atoms with Gasteiger partial charge in [-0.2, -0.15) is 17.5 Å². The monoisotopic (exact) mass is 400 g/mol. The molecule has 0 spiro atoms. The summed E-state index contributed by atoms with van der Waals surface area (Å²) in [6.45, 7) is -0.900. The van der Waals surface area contributed by atoms with Crippen LogP contribution in [0.1, 0.15) is 0 Å². The smallest absolute Gasteiger partial charge is 0.332 e. The second-order valence-corrected chi connectivity index (χ2v) is 7.50. The number of piperazine rings is 1. The Labute approximate surface area is 133 Å². The molecule has 2 rings (SSSR count). The lowest BCUT2D eigenvalue weighted by atomic mass is 10.3. The molecule has 1 amide bonds. The highest BCUT2D eigenvalue weighted by atomic mass is 79.9. The van der Waals surface area contributed by atoms with Crippen LogP contribution in [-0.2, 0) is 14.8 Å². The lowest BCUT2D eigenvalue weighted by Gasteiger charge is -2.34. The van der Waals surface area contributed by atoms with Gasteiger partial charge in [-0.1, -0.05) is 15.9 Å². The number of hydrogen-bond donors (Lipinski definition) is 0. The van der Waals surface area contributed by atoms with Crippen LogP contribution in [0, 0.1) is 0 Å². The molecule has 1 saturated heterocycles. The molecule has 22 heavy (non-hydrogen) atoms. The van der Waals surface area contributed by atoms with Gasteiger partial charge in [0.2, 0.25) is 10.0 Å². The first-order chi connectivity index (χ1) is 10.1. The molecule has 0 atom stereocenters. The third-order valence-corrected chi connectivity index (χ3v) is 5.66. The molecule has 1 aromatic carbocycles. The van der Waals surface area contributed by atoms with Gasteiger partial charge >= 0.3 is 12.1 Å². The number of benzene rings is 1. The lowest BCUT2D eigenvalue weighted by Crippen LogP contribution is -2.53. The van der Waals surface area contributed by atoms with Crippen LogP contribution in [0.25, 0.3) is 0 Å². The molecular formula is C12H12BrF3N2O3S. The van der Waals surface area contributed by atoms with Crippen LogP contribution in [0.2, 0.25) is 0 Å². The number of halogens is 4. The van der Waals surface area contributed by atoms with Crippen LogP contribution < -0.4 is 0 Å². The molecule has 0 unspecified atom stereocenters. The van der Waals surface area contributed by atoms with E-state index in [1.165, 1.54) is 12.1 Å². The Balaban J connectivity index is 2.08. The quantitative estimate of drug-likeness (QED) is 0.760. The molecule has 0 saturated carbocycles. The van der Waals surface area contributed by atoms with Crippen molar-refractivity contribution in [2.24, 2.45) is 0 Å². The third-order valence-electron chi connectivity index (χ3n) is 3.22. The zero-order valence-electron chi connectivity index (χ0n) is 11.2. The van der Waals surface area contributed by atoms with Gasteiger partial charge in [-0.05, 0) is 24.3 Å². The van der Waals surface area contributed by atoms with Crippen LogP contribution in [-0.4, -0.2) is 55.9 Å². The highest BCUT2D eigenvalue weighted by Crippen LogP contribution is 2.23. The van der Waals surface area contributed by atoms with E-state index in [1.807, 2.05) is 0 Å². The topological polar surface area (TPSA) is 57.7 Å². The third kappa shape index (κ3) is 3.61. The van der Waals surface area contributed by atoms with E-state index in [0.717, 1.165) is 4.31 Å².